The van der Waals surface area contributed by atoms with Gasteiger partial charge in [-0.1, -0.05) is 30.3 Å². The molecule has 0 unspecified atom stereocenters. The number of rotatable bonds is 9. The molecule has 188 valence electrons. The van der Waals surface area contributed by atoms with Gasteiger partial charge in [0, 0.05) is 54.7 Å². The Balaban J connectivity index is 1.54. The van der Waals surface area contributed by atoms with Crippen molar-refractivity contribution >= 4 is 27.6 Å². The van der Waals surface area contributed by atoms with E-state index in [9.17, 15) is 12.8 Å². The molecule has 3 aromatic rings. The van der Waals surface area contributed by atoms with E-state index in [0.29, 0.717) is 18.7 Å². The normalized spacial score (nSPS) is 23.3. The fourth-order valence-electron chi connectivity index (χ4n) is 5.89. The largest absolute Gasteiger partial charge is 0.384 e. The molecule has 1 heterocycles. The fourth-order valence-corrected chi connectivity index (χ4v) is 7.33. The van der Waals surface area contributed by atoms with Crippen molar-refractivity contribution in [2.24, 2.45) is 5.92 Å². The second-order valence-corrected chi connectivity index (χ2v) is 11.8. The first kappa shape index (κ1) is 24.6. The lowest BCUT2D eigenvalue weighted by Gasteiger charge is -2.26. The molecule has 1 saturated carbocycles. The maximum absolute atomic E-state index is 13.4. The molecule has 36 heavy (non-hydrogen) atoms. The van der Waals surface area contributed by atoms with Gasteiger partial charge in [-0.3, -0.25) is 0 Å². The minimum Gasteiger partial charge on any atom is -0.384 e. The number of hydrogen-bond acceptors (Lipinski definition) is 5. The number of piperidine rings is 1. The van der Waals surface area contributed by atoms with E-state index in [4.69, 9.17) is 10.1 Å². The number of sulfonamides is 1. The second kappa shape index (κ2) is 9.42. The maximum Gasteiger partial charge on any atom is 0.216 e. The Bertz CT molecular complexity index is 1380. The van der Waals surface area contributed by atoms with Gasteiger partial charge in [-0.2, -0.15) is 0 Å². The number of benzene rings is 3. The van der Waals surface area contributed by atoms with Gasteiger partial charge in [0.2, 0.25) is 10.0 Å². The zero-order chi connectivity index (χ0) is 25.5. The minimum absolute atomic E-state index is 0.0342. The van der Waals surface area contributed by atoms with Gasteiger partial charge in [-0.25, -0.2) is 17.1 Å². The third-order valence-corrected chi connectivity index (χ3v) is 9.37. The van der Waals surface area contributed by atoms with Gasteiger partial charge < -0.3 is 15.5 Å². The number of hydrogen-bond donors (Lipinski definition) is 2. The van der Waals surface area contributed by atoms with Crippen LogP contribution in [-0.4, -0.2) is 51.5 Å². The molecule has 1 aliphatic carbocycles. The van der Waals surface area contributed by atoms with Crippen LogP contribution in [0.3, 0.4) is 0 Å². The van der Waals surface area contributed by atoms with E-state index in [0.717, 1.165) is 22.5 Å². The fraction of sp³-hybridized carbons (Fsp3) is 0.321. The summed E-state index contributed by atoms with van der Waals surface area (Å²) in [7, 11) is -1.93. The lowest BCUT2D eigenvalue weighted by atomic mass is 9.86. The Morgan fingerprint density at radius 3 is 2.56 bits per heavy atom. The van der Waals surface area contributed by atoms with Crippen LogP contribution in [0, 0.1) is 24.1 Å². The van der Waals surface area contributed by atoms with Gasteiger partial charge in [0.05, 0.1) is 12.4 Å². The molecule has 0 bridgehead atoms. The number of nitrogens with one attached hydrogen (secondary N) is 2. The van der Waals surface area contributed by atoms with Gasteiger partial charge in [-0.15, -0.1) is 0 Å². The quantitative estimate of drug-likeness (QED) is 0.407. The second-order valence-electron chi connectivity index (χ2n) is 9.67. The maximum atomic E-state index is 13.4. The molecular weight excluding hydrogens is 477 g/mol. The highest BCUT2D eigenvalue weighted by Gasteiger charge is 2.71. The van der Waals surface area contributed by atoms with E-state index in [1.807, 2.05) is 37.3 Å². The summed E-state index contributed by atoms with van der Waals surface area (Å²) in [5.41, 5.74) is 5.15. The molecule has 3 aromatic carbocycles. The average molecular weight is 508 g/mol. The van der Waals surface area contributed by atoms with E-state index in [1.165, 1.54) is 31.0 Å². The Labute approximate surface area is 211 Å². The number of methoxy groups -OCH3 is 1. The Kier molecular flexibility index (Phi) is 6.44. The highest BCUT2D eigenvalue weighted by atomic mass is 32.2. The van der Waals surface area contributed by atoms with E-state index in [-0.39, 0.29) is 35.4 Å². The molecule has 3 atom stereocenters. The zero-order valence-corrected chi connectivity index (χ0v) is 21.2. The molecule has 0 spiro atoms. The van der Waals surface area contributed by atoms with Gasteiger partial charge in [0.15, 0.2) is 0 Å². The summed E-state index contributed by atoms with van der Waals surface area (Å²) >= 11 is 0. The van der Waals surface area contributed by atoms with Crippen molar-refractivity contribution in [2.75, 3.05) is 37.9 Å². The molecule has 1 saturated heterocycles. The summed E-state index contributed by atoms with van der Waals surface area (Å²) in [6.07, 6.45) is 1.31. The molecule has 5 rings (SSSR count). The first-order valence-electron chi connectivity index (χ1n) is 12.0. The monoisotopic (exact) mass is 507 g/mol. The summed E-state index contributed by atoms with van der Waals surface area (Å²) in [4.78, 5) is 0. The Morgan fingerprint density at radius 2 is 1.89 bits per heavy atom. The van der Waals surface area contributed by atoms with Crippen molar-refractivity contribution in [3.63, 3.8) is 0 Å². The number of anilines is 2. The smallest absolute Gasteiger partial charge is 0.216 e. The van der Waals surface area contributed by atoms with Crippen LogP contribution in [-0.2, 0) is 20.2 Å². The lowest BCUT2D eigenvalue weighted by Crippen LogP contribution is -2.37. The van der Waals surface area contributed by atoms with Crippen LogP contribution in [0.2, 0.25) is 0 Å². The molecule has 2 fully saturated rings. The van der Waals surface area contributed by atoms with Crippen LogP contribution < -0.4 is 5.32 Å². The summed E-state index contributed by atoms with van der Waals surface area (Å²) in [6, 6.07) is 20.4. The zero-order valence-electron chi connectivity index (χ0n) is 20.4. The van der Waals surface area contributed by atoms with Gasteiger partial charge in [-0.05, 0) is 65.9 Å². The molecule has 0 radical (unpaired) electrons. The molecule has 6 nitrogen and oxygen atoms in total. The molecule has 8 heteroatoms. The van der Waals surface area contributed by atoms with Crippen molar-refractivity contribution in [2.45, 2.75) is 18.3 Å². The van der Waals surface area contributed by atoms with Crippen LogP contribution in [0.15, 0.2) is 66.7 Å². The highest BCUT2D eigenvalue weighted by molar-refractivity contribution is 7.89. The van der Waals surface area contributed by atoms with E-state index >= 15 is 0 Å². The van der Waals surface area contributed by atoms with Crippen molar-refractivity contribution in [1.82, 2.24) is 4.31 Å². The first-order valence-corrected chi connectivity index (χ1v) is 13.6. The number of halogens is 1. The Hall–Kier alpha value is -3.07. The van der Waals surface area contributed by atoms with Gasteiger partial charge in [0.1, 0.15) is 5.82 Å². The summed E-state index contributed by atoms with van der Waals surface area (Å²) in [5.74, 6) is 0.0238. The number of ether oxygens (including phenoxy) is 1. The van der Waals surface area contributed by atoms with Crippen molar-refractivity contribution in [1.29, 1.82) is 5.41 Å². The van der Waals surface area contributed by atoms with Crippen LogP contribution in [0.4, 0.5) is 15.8 Å². The SMILES string of the molecule is COCCS(=O)(=O)N1C[C@@H]2[C@@H](c3ccccc3)[C@]2(c2cc(C=N)c(Nc3ccc(F)cc3)cc2C)C1. The van der Waals surface area contributed by atoms with E-state index < -0.39 is 10.0 Å². The Morgan fingerprint density at radius 1 is 1.17 bits per heavy atom. The molecule has 2 N–H and O–H groups in total. The van der Waals surface area contributed by atoms with Gasteiger partial charge >= 0.3 is 0 Å². The van der Waals surface area contributed by atoms with Crippen LogP contribution in [0.25, 0.3) is 0 Å². The number of fused-ring (bicyclic) bond motifs is 1. The van der Waals surface area contributed by atoms with Crippen molar-refractivity contribution in [3.05, 3.63) is 94.8 Å². The average Bonchev–Trinajstić information content (AvgIpc) is 3.32. The van der Waals surface area contributed by atoms with Crippen molar-refractivity contribution in [3.8, 4) is 0 Å². The predicted octanol–water partition coefficient (Wildman–Crippen LogP) is 4.82. The molecule has 1 aliphatic heterocycles. The highest BCUT2D eigenvalue weighted by Crippen LogP contribution is 2.70. The molecule has 0 aromatic heterocycles. The third-order valence-electron chi connectivity index (χ3n) is 7.62. The van der Waals surface area contributed by atoms with E-state index in [2.05, 4.69) is 17.4 Å². The van der Waals surface area contributed by atoms with E-state index in [1.54, 1.807) is 16.4 Å². The lowest BCUT2D eigenvalue weighted by molar-refractivity contribution is 0.215. The number of aryl methyl sites for hydroxylation is 1. The van der Waals surface area contributed by atoms with Crippen molar-refractivity contribution < 1.29 is 17.5 Å². The minimum atomic E-state index is -3.44. The topological polar surface area (TPSA) is 82.5 Å². The molecule has 2 aliphatic rings. The van der Waals surface area contributed by atoms with Crippen LogP contribution in [0.5, 0.6) is 0 Å². The first-order chi connectivity index (χ1) is 17.3. The summed E-state index contributed by atoms with van der Waals surface area (Å²) in [5, 5.41) is 11.4. The summed E-state index contributed by atoms with van der Waals surface area (Å²) < 4.78 is 46.1. The van der Waals surface area contributed by atoms with Crippen LogP contribution >= 0.6 is 0 Å². The molecular formula is C28H30FN3O3S. The standard InChI is InChI=1S/C28H30FN3O3S/c1-19-14-26(31-23-10-8-22(29)9-11-23)21(16-30)15-24(19)28-18-32(36(33,34)13-12-35-2)17-25(28)27(28)20-6-4-3-5-7-20/h3-11,14-16,25,27,30-31H,12-13,17-18H2,1-2H3/t25-,27-,28+/m1/s1. The molecule has 0 amide bonds. The summed E-state index contributed by atoms with van der Waals surface area (Å²) in [6.45, 7) is 3.08. The van der Waals surface area contributed by atoms with Gasteiger partial charge in [0.25, 0.3) is 0 Å². The third kappa shape index (κ3) is 4.23. The predicted molar refractivity (Wildman–Crippen MR) is 140 cm³/mol. The number of nitrogens with zero attached hydrogens (tertiary/aromatic N) is 1. The van der Waals surface area contributed by atoms with Crippen LogP contribution in [0.1, 0.15) is 28.2 Å².